The smallest absolute Gasteiger partial charge is 0.194 e. The molecule has 2 aromatic heterocycles. The van der Waals surface area contributed by atoms with Crippen LogP contribution in [0.25, 0.3) is 0 Å². The van der Waals surface area contributed by atoms with Gasteiger partial charge in [-0.15, -0.1) is 0 Å². The Labute approximate surface area is 179 Å². The van der Waals surface area contributed by atoms with Crippen LogP contribution in [-0.4, -0.2) is 92.2 Å². The van der Waals surface area contributed by atoms with Gasteiger partial charge in [0.15, 0.2) is 5.96 Å². The molecule has 2 aliphatic heterocycles. The molecule has 4 heterocycles. The van der Waals surface area contributed by atoms with E-state index in [0.717, 1.165) is 76.5 Å². The number of nitrogens with zero attached hydrogens (tertiary/aromatic N) is 7. The average molecular weight is 409 g/mol. The minimum absolute atomic E-state index is 0.746. The highest BCUT2D eigenvalue weighted by atomic mass is 15.4. The van der Waals surface area contributed by atoms with E-state index in [0.29, 0.717) is 0 Å². The number of likely N-dealkylation sites (N-methyl/N-ethyl adjacent to an activating group) is 1. The van der Waals surface area contributed by atoms with E-state index in [1.54, 1.807) is 0 Å². The van der Waals surface area contributed by atoms with E-state index in [1.165, 1.54) is 5.56 Å². The Bertz CT molecular complexity index is 824. The monoisotopic (exact) mass is 408 g/mol. The highest BCUT2D eigenvalue weighted by Crippen LogP contribution is 2.15. The van der Waals surface area contributed by atoms with Gasteiger partial charge in [0, 0.05) is 78.3 Å². The number of hydrogen-bond acceptors (Lipinski definition) is 6. The Balaban J connectivity index is 1.30. The van der Waals surface area contributed by atoms with Gasteiger partial charge < -0.3 is 24.9 Å². The van der Waals surface area contributed by atoms with Crippen molar-refractivity contribution in [2.24, 2.45) is 4.99 Å². The van der Waals surface area contributed by atoms with Crippen LogP contribution in [0.4, 0.5) is 11.6 Å². The van der Waals surface area contributed by atoms with Crippen LogP contribution >= 0.6 is 0 Å². The first-order valence-electron chi connectivity index (χ1n) is 10.7. The Morgan fingerprint density at radius 1 is 0.900 bits per heavy atom. The molecule has 0 spiro atoms. The lowest BCUT2D eigenvalue weighted by Crippen LogP contribution is -2.52. The maximum absolute atomic E-state index is 4.59. The maximum Gasteiger partial charge on any atom is 0.194 e. The van der Waals surface area contributed by atoms with E-state index in [4.69, 9.17) is 0 Å². The SMILES string of the molecule is CN=C(NCc1ccnc(N2CCN(C)CC2)c1)N1CCN(c2ccccn2)CC1. The van der Waals surface area contributed by atoms with Crippen LogP contribution in [0.15, 0.2) is 47.7 Å². The first-order chi connectivity index (χ1) is 14.7. The van der Waals surface area contributed by atoms with Gasteiger partial charge in [0.25, 0.3) is 0 Å². The number of anilines is 2. The standard InChI is InChI=1S/C22H32N8/c1-23-22(30-15-13-28(14-16-30)20-5-3-4-7-24-20)26-18-19-6-8-25-21(17-19)29-11-9-27(2)10-12-29/h3-8,17H,9-16,18H2,1-2H3,(H,23,26). The number of piperazine rings is 2. The lowest BCUT2D eigenvalue weighted by atomic mass is 10.2. The van der Waals surface area contributed by atoms with E-state index in [-0.39, 0.29) is 0 Å². The summed E-state index contributed by atoms with van der Waals surface area (Å²) < 4.78 is 0. The molecule has 0 radical (unpaired) electrons. The fourth-order valence-electron chi connectivity index (χ4n) is 3.98. The molecule has 0 bridgehead atoms. The van der Waals surface area contributed by atoms with Gasteiger partial charge in [-0.2, -0.15) is 0 Å². The van der Waals surface area contributed by atoms with Gasteiger partial charge in [-0.05, 0) is 36.9 Å². The number of hydrogen-bond donors (Lipinski definition) is 1. The molecule has 0 atom stereocenters. The molecule has 0 aromatic carbocycles. The number of aromatic nitrogens is 2. The lowest BCUT2D eigenvalue weighted by Gasteiger charge is -2.37. The van der Waals surface area contributed by atoms with Crippen LogP contribution in [0.2, 0.25) is 0 Å². The molecule has 0 saturated carbocycles. The predicted octanol–water partition coefficient (Wildman–Crippen LogP) is 1.13. The van der Waals surface area contributed by atoms with Crippen molar-refractivity contribution in [1.82, 2.24) is 25.1 Å². The van der Waals surface area contributed by atoms with Gasteiger partial charge in [-0.25, -0.2) is 9.97 Å². The molecule has 30 heavy (non-hydrogen) atoms. The lowest BCUT2D eigenvalue weighted by molar-refractivity contribution is 0.312. The Morgan fingerprint density at radius 3 is 2.30 bits per heavy atom. The zero-order chi connectivity index (χ0) is 20.8. The van der Waals surface area contributed by atoms with Gasteiger partial charge in [0.1, 0.15) is 11.6 Å². The van der Waals surface area contributed by atoms with Crippen molar-refractivity contribution in [1.29, 1.82) is 0 Å². The summed E-state index contributed by atoms with van der Waals surface area (Å²) >= 11 is 0. The number of nitrogens with one attached hydrogen (secondary N) is 1. The molecule has 2 aliphatic rings. The summed E-state index contributed by atoms with van der Waals surface area (Å²) in [5.41, 5.74) is 1.23. The fraction of sp³-hybridized carbons (Fsp3) is 0.500. The molecule has 0 unspecified atom stereocenters. The van der Waals surface area contributed by atoms with Crippen molar-refractivity contribution in [3.63, 3.8) is 0 Å². The fourth-order valence-corrected chi connectivity index (χ4v) is 3.98. The molecule has 2 aromatic rings. The topological polar surface area (TPSA) is 63.1 Å². The van der Waals surface area contributed by atoms with Crippen LogP contribution in [0.3, 0.4) is 0 Å². The second-order valence-electron chi connectivity index (χ2n) is 7.88. The number of pyridine rings is 2. The van der Waals surface area contributed by atoms with Crippen LogP contribution in [0.5, 0.6) is 0 Å². The molecular formula is C22H32N8. The number of guanidine groups is 1. The Morgan fingerprint density at radius 2 is 1.60 bits per heavy atom. The summed E-state index contributed by atoms with van der Waals surface area (Å²) in [5.74, 6) is 3.07. The molecule has 4 rings (SSSR count). The van der Waals surface area contributed by atoms with Gasteiger partial charge in [0.2, 0.25) is 0 Å². The van der Waals surface area contributed by atoms with E-state index in [9.17, 15) is 0 Å². The zero-order valence-corrected chi connectivity index (χ0v) is 18.0. The first kappa shape index (κ1) is 20.4. The third-order valence-electron chi connectivity index (χ3n) is 5.85. The molecular weight excluding hydrogens is 376 g/mol. The van der Waals surface area contributed by atoms with E-state index in [2.05, 4.69) is 65.1 Å². The summed E-state index contributed by atoms with van der Waals surface area (Å²) in [4.78, 5) is 22.9. The second kappa shape index (κ2) is 9.75. The molecule has 2 fully saturated rings. The van der Waals surface area contributed by atoms with Crippen LogP contribution in [0, 0.1) is 0 Å². The Hall–Kier alpha value is -2.87. The van der Waals surface area contributed by atoms with Crippen molar-refractivity contribution in [3.05, 3.63) is 48.3 Å². The van der Waals surface area contributed by atoms with Gasteiger partial charge >= 0.3 is 0 Å². The first-order valence-corrected chi connectivity index (χ1v) is 10.7. The average Bonchev–Trinajstić information content (AvgIpc) is 2.81. The molecule has 2 saturated heterocycles. The number of rotatable bonds is 4. The summed E-state index contributed by atoms with van der Waals surface area (Å²) in [6.45, 7) is 8.73. The molecule has 8 nitrogen and oxygen atoms in total. The van der Waals surface area contributed by atoms with Gasteiger partial charge in [0.05, 0.1) is 0 Å². The molecule has 0 aliphatic carbocycles. The molecule has 1 N–H and O–H groups in total. The summed E-state index contributed by atoms with van der Waals surface area (Å²) in [5, 5.41) is 3.53. The predicted molar refractivity (Wildman–Crippen MR) is 122 cm³/mol. The highest BCUT2D eigenvalue weighted by molar-refractivity contribution is 5.80. The van der Waals surface area contributed by atoms with Crippen molar-refractivity contribution in [2.45, 2.75) is 6.54 Å². The van der Waals surface area contributed by atoms with Crippen molar-refractivity contribution in [3.8, 4) is 0 Å². The highest BCUT2D eigenvalue weighted by Gasteiger charge is 2.20. The summed E-state index contributed by atoms with van der Waals surface area (Å²) in [6.07, 6.45) is 3.77. The largest absolute Gasteiger partial charge is 0.354 e. The minimum Gasteiger partial charge on any atom is -0.354 e. The molecule has 8 heteroatoms. The third kappa shape index (κ3) is 4.99. The quantitative estimate of drug-likeness (QED) is 0.601. The van der Waals surface area contributed by atoms with Gasteiger partial charge in [-0.1, -0.05) is 6.07 Å². The minimum atomic E-state index is 0.746. The Kier molecular flexibility index (Phi) is 6.63. The summed E-state index contributed by atoms with van der Waals surface area (Å²) in [6, 6.07) is 10.4. The van der Waals surface area contributed by atoms with Crippen LogP contribution in [0.1, 0.15) is 5.56 Å². The maximum atomic E-state index is 4.59. The van der Waals surface area contributed by atoms with Crippen molar-refractivity contribution in [2.75, 3.05) is 76.3 Å². The molecule has 160 valence electrons. The zero-order valence-electron chi connectivity index (χ0n) is 18.0. The van der Waals surface area contributed by atoms with Crippen molar-refractivity contribution < 1.29 is 0 Å². The van der Waals surface area contributed by atoms with E-state index in [1.807, 2.05) is 31.6 Å². The van der Waals surface area contributed by atoms with Crippen LogP contribution in [-0.2, 0) is 6.54 Å². The van der Waals surface area contributed by atoms with Gasteiger partial charge in [-0.3, -0.25) is 4.99 Å². The second-order valence-corrected chi connectivity index (χ2v) is 7.88. The third-order valence-corrected chi connectivity index (χ3v) is 5.85. The van der Waals surface area contributed by atoms with Crippen LogP contribution < -0.4 is 15.1 Å². The number of aliphatic imine (C=N–C) groups is 1. The van der Waals surface area contributed by atoms with Crippen molar-refractivity contribution >= 4 is 17.6 Å². The van der Waals surface area contributed by atoms with E-state index >= 15 is 0 Å². The molecule has 0 amide bonds. The van der Waals surface area contributed by atoms with E-state index < -0.39 is 0 Å². The summed E-state index contributed by atoms with van der Waals surface area (Å²) in [7, 11) is 4.03. The normalized spacial score (nSPS) is 18.6.